The number of hydrogen-bond donors (Lipinski definition) is 0. The van der Waals surface area contributed by atoms with E-state index in [0.29, 0.717) is 88.2 Å². The third kappa shape index (κ3) is 15.9. The topological polar surface area (TPSA) is 0 Å². The van der Waals surface area contributed by atoms with Crippen molar-refractivity contribution in [1.82, 2.24) is 0 Å². The molecule has 111 heavy (non-hydrogen) atoms. The highest BCUT2D eigenvalue weighted by Crippen LogP contribution is 2.59. The second kappa shape index (κ2) is 37.2. The number of aryl methyl sites for hydroxylation is 6. The molecule has 2 unspecified atom stereocenters. The van der Waals surface area contributed by atoms with Crippen molar-refractivity contribution in [3.8, 4) is 201 Å². The van der Waals surface area contributed by atoms with E-state index in [0.717, 1.165) is 110 Å². The fourth-order valence-electron chi connectivity index (χ4n) is 16.6. The number of rotatable bonds is 14. The van der Waals surface area contributed by atoms with Crippen molar-refractivity contribution >= 4 is 249 Å². The summed E-state index contributed by atoms with van der Waals surface area (Å²) >= 11 is 0. The van der Waals surface area contributed by atoms with Gasteiger partial charge in [0.2, 0.25) is 0 Å². The van der Waals surface area contributed by atoms with Crippen molar-refractivity contribution < 1.29 is 0 Å². The molecule has 0 fully saturated rings. The minimum atomic E-state index is -1.28. The van der Waals surface area contributed by atoms with Crippen LogP contribution >= 0.6 is 0 Å². The van der Waals surface area contributed by atoms with Gasteiger partial charge in [-0.1, -0.05) is 70.0 Å². The lowest BCUT2D eigenvalue weighted by Crippen LogP contribution is -2.64. The number of hydrogen-bond acceptors (Lipinski definition) is 0. The minimum absolute atomic E-state index is 0.296. The van der Waals surface area contributed by atoms with E-state index in [1.807, 2.05) is 20.8 Å². The maximum absolute atomic E-state index is 7.88. The van der Waals surface area contributed by atoms with Crippen LogP contribution in [0.25, 0.3) is 70.8 Å². The molecule has 32 radical (unpaired) electrons. The largest absolute Gasteiger partial charge is 0.132 e. The molecule has 0 bridgehead atoms. The van der Waals surface area contributed by atoms with Gasteiger partial charge in [0.15, 0.2) is 0 Å². The van der Waals surface area contributed by atoms with Crippen molar-refractivity contribution in [1.29, 1.82) is 0 Å². The molecule has 0 N–H and O–H groups in total. The van der Waals surface area contributed by atoms with Gasteiger partial charge in [0.05, 0.1) is 48.2 Å². The Morgan fingerprint density at radius 2 is 0.694 bits per heavy atom. The zero-order valence-corrected chi connectivity index (χ0v) is 66.0. The van der Waals surface area contributed by atoms with E-state index in [9.17, 15) is 0 Å². The molecule has 1 aliphatic rings. The van der Waals surface area contributed by atoms with E-state index < -0.39 is 75.9 Å². The van der Waals surface area contributed by atoms with Crippen LogP contribution in [0.3, 0.4) is 0 Å². The van der Waals surface area contributed by atoms with E-state index in [2.05, 4.69) is 229 Å². The average Bonchev–Trinajstić information content (AvgIpc) is 0.680. The van der Waals surface area contributed by atoms with E-state index in [1.165, 1.54) is 14.1 Å². The molecule has 8 rings (SSSR count). The van der Waals surface area contributed by atoms with Crippen LogP contribution in [0.4, 0.5) is 0 Å². The van der Waals surface area contributed by atoms with E-state index in [4.69, 9.17) is 135 Å². The number of fused-ring (bicyclic) bond motifs is 6. The van der Waals surface area contributed by atoms with Crippen LogP contribution in [0.2, 0.25) is 5.82 Å². The van der Waals surface area contributed by atoms with Gasteiger partial charge in [-0.2, -0.15) is 0 Å². The molecule has 0 saturated carbocycles. The molecule has 0 spiro atoms. The summed E-state index contributed by atoms with van der Waals surface area (Å²) < 4.78 is 0. The molecule has 0 aliphatic heterocycles. The Labute approximate surface area is 689 Å². The first-order chi connectivity index (χ1) is 52.8. The Morgan fingerprint density at radius 1 is 0.297 bits per heavy atom. The van der Waals surface area contributed by atoms with Gasteiger partial charge in [-0.15, -0.1) is 36.1 Å². The quantitative estimate of drug-likeness (QED) is 0.0660. The van der Waals surface area contributed by atoms with Gasteiger partial charge in [0.25, 0.3) is 0 Å². The van der Waals surface area contributed by atoms with Gasteiger partial charge in [-0.3, -0.25) is 0 Å². The van der Waals surface area contributed by atoms with Gasteiger partial charge in [-0.05, 0) is 344 Å². The summed E-state index contributed by atoms with van der Waals surface area (Å²) in [5.74, 6) is 78.7. The van der Waals surface area contributed by atoms with Gasteiger partial charge in [0, 0.05) is 188 Å². The summed E-state index contributed by atoms with van der Waals surface area (Å²) in [6, 6.07) is 0. The predicted octanol–water partition coefficient (Wildman–Crippen LogP) is 4.33. The van der Waals surface area contributed by atoms with Gasteiger partial charge in [-0.25, -0.2) is 0 Å². The number of allylic oxidation sites excluding steroid dienone is 1. The van der Waals surface area contributed by atoms with Crippen molar-refractivity contribution in [2.75, 3.05) is 0 Å². The average molecular weight is 1350 g/mol. The summed E-state index contributed by atoms with van der Waals surface area (Å²) in [5.41, 5.74) is 19.2. The molecule has 0 aromatic heterocycles. The Hall–Kier alpha value is -9.53. The Morgan fingerprint density at radius 3 is 1.19 bits per heavy atom. The molecule has 27 heteroatoms. The fraction of sp³-hybridized carbons (Fsp3) is 0.214. The highest BCUT2D eigenvalue weighted by Gasteiger charge is 2.51. The van der Waals surface area contributed by atoms with Crippen LogP contribution < -0.4 is 5.46 Å². The minimum Gasteiger partial charge on any atom is -0.132 e. The Kier molecular flexibility index (Phi) is 29.2. The zero-order valence-electron chi connectivity index (χ0n) is 66.0. The summed E-state index contributed by atoms with van der Waals surface area (Å²) in [6.07, 6.45) is 10.2. The van der Waals surface area contributed by atoms with Crippen molar-refractivity contribution in [3.05, 3.63) is 122 Å². The maximum Gasteiger partial charge on any atom is 0.115 e. The predicted molar refractivity (Wildman–Crippen MR) is 509 cm³/mol. The summed E-state index contributed by atoms with van der Waals surface area (Å²) in [5, 5.41) is 6.08. The Balaban J connectivity index is 2.01. The van der Waals surface area contributed by atoms with E-state index in [1.54, 1.807) is 20.8 Å². The molecular weight excluding hydrogens is 1300 g/mol. The smallest absolute Gasteiger partial charge is 0.115 e. The highest BCUT2D eigenvalue weighted by atomic mass is 14.4. The lowest BCUT2D eigenvalue weighted by molar-refractivity contribution is 0.903. The standard InChI is InChI=1S/C84H53B27/c1-20-26-31-34-36-40-46-64-61(44-39-35-32-27-21-2)62(43-38-33-28-22-3)65(45-37-29-23-4)76-74-63(42-30-24-5)60(41-25-6)50(10)55(15)67(74)59(19)73(75(64)76)77-68-52(12)48(8)47(7)51(11)66(68)58(18)72-69(53(13)49(9)54(14)70(72)77)71-56(16)57(17)80(85)79-78(71)81(102(88)106(89)90)83(103(100-86)107(91)92)84(104(108(93)94)109(95)96)82(79)105(110(97)98)111(99)101-87/h1,3,5,81,83H,2,4,6-19H3. The number of benzene rings is 7. The van der Waals surface area contributed by atoms with Crippen LogP contribution in [-0.4, -0.2) is 195 Å². The first kappa shape index (κ1) is 87.1. The SMILES string of the molecule is [B][B]B([B])B(B([B])[B])C1=C(B(B([B])[B])B([B])[B])C(B([B][B])B([B])[B])C(B([B])B([B])[B])c2c1c([B])c(C)c(C)c2-c1c(C)c(C)c(C)c2c(-c3c(C)c4c(C)c(C)c(C#CC)c(C#CC#C)c4c4c(C#CC#CC)c(C#CC#CC#C)c(C#CC#CC#CC)c(C#CC#CC#CC#C)c34)c3c(C)c(C)c(C)c(C)c3c(C)c12. The normalized spacial score (nSPS) is 11.6. The lowest BCUT2D eigenvalue weighted by Gasteiger charge is -2.53. The van der Waals surface area contributed by atoms with E-state index >= 15 is 0 Å². The molecule has 0 heterocycles. The van der Waals surface area contributed by atoms with Gasteiger partial charge in [0.1, 0.15) is 7.85 Å². The van der Waals surface area contributed by atoms with Gasteiger partial charge >= 0.3 is 0 Å². The first-order valence-electron chi connectivity index (χ1n) is 35.9. The van der Waals surface area contributed by atoms with Crippen LogP contribution in [0.1, 0.15) is 143 Å². The summed E-state index contributed by atoms with van der Waals surface area (Å²) in [7, 11) is 109. The van der Waals surface area contributed by atoms with Crippen LogP contribution in [0.5, 0.6) is 0 Å². The van der Waals surface area contributed by atoms with Crippen LogP contribution in [0.15, 0.2) is 5.47 Å². The van der Waals surface area contributed by atoms with Crippen LogP contribution in [-0.2, 0) is 0 Å². The summed E-state index contributed by atoms with van der Waals surface area (Å²) in [4.78, 5) is 0. The van der Waals surface area contributed by atoms with Crippen molar-refractivity contribution in [2.45, 2.75) is 122 Å². The molecule has 0 amide bonds. The summed E-state index contributed by atoms with van der Waals surface area (Å²) in [6.45, 7) is 28.1. The third-order valence-corrected chi connectivity index (χ3v) is 22.2. The fourth-order valence-corrected chi connectivity index (χ4v) is 16.6. The molecule has 470 valence electrons. The molecule has 2 atom stereocenters. The van der Waals surface area contributed by atoms with E-state index in [-0.39, 0.29) is 0 Å². The Bertz CT molecular complexity index is 6210. The third-order valence-electron chi connectivity index (χ3n) is 22.2. The van der Waals surface area contributed by atoms with Crippen molar-refractivity contribution in [3.63, 3.8) is 0 Å². The second-order valence-corrected chi connectivity index (χ2v) is 27.9. The molecule has 7 aromatic rings. The van der Waals surface area contributed by atoms with Crippen LogP contribution in [0, 0.1) is 269 Å². The lowest BCUT2D eigenvalue weighted by atomic mass is 8.66. The maximum atomic E-state index is 7.88. The van der Waals surface area contributed by atoms with Crippen molar-refractivity contribution in [2.24, 2.45) is 0 Å². The second-order valence-electron chi connectivity index (χ2n) is 27.9. The molecular formula is C84H53B27. The monoisotopic (exact) mass is 1360 g/mol. The highest BCUT2D eigenvalue weighted by molar-refractivity contribution is 7.89. The number of terminal acetylenes is 3. The zero-order chi connectivity index (χ0) is 82.2. The molecule has 0 nitrogen and oxygen atoms in total. The molecule has 1 aliphatic carbocycles. The molecule has 0 saturated heterocycles. The molecule has 7 aromatic carbocycles. The van der Waals surface area contributed by atoms with Gasteiger partial charge < -0.3 is 0 Å². The first-order valence-corrected chi connectivity index (χ1v) is 35.9.